The summed E-state index contributed by atoms with van der Waals surface area (Å²) in [5, 5.41) is 3.30. The Bertz CT molecular complexity index is 1090. The van der Waals surface area contributed by atoms with Gasteiger partial charge in [0, 0.05) is 35.9 Å². The molecule has 1 atom stereocenters. The number of aromatic nitrogens is 2. The van der Waals surface area contributed by atoms with Crippen LogP contribution in [-0.2, 0) is 4.79 Å². The lowest BCUT2D eigenvalue weighted by atomic mass is 10.0. The van der Waals surface area contributed by atoms with E-state index in [1.807, 2.05) is 0 Å². The maximum Gasteiger partial charge on any atom is 0.260 e. The Labute approximate surface area is 190 Å². The summed E-state index contributed by atoms with van der Waals surface area (Å²) in [5.41, 5.74) is 0.990. The number of nitrogens with one attached hydrogen (secondary N) is 1. The van der Waals surface area contributed by atoms with E-state index in [0.29, 0.717) is 5.56 Å². The molecule has 164 valence electrons. The van der Waals surface area contributed by atoms with E-state index in [1.165, 1.54) is 41.4 Å². The highest BCUT2D eigenvalue weighted by Gasteiger charge is 2.35. The van der Waals surface area contributed by atoms with Gasteiger partial charge in [0.05, 0.1) is 5.56 Å². The molecule has 1 aliphatic rings. The van der Waals surface area contributed by atoms with Gasteiger partial charge in [-0.15, -0.1) is 0 Å². The van der Waals surface area contributed by atoms with Crippen molar-refractivity contribution in [2.75, 3.05) is 4.90 Å². The normalized spacial score (nSPS) is 14.7. The van der Waals surface area contributed by atoms with Crippen LogP contribution in [0.5, 0.6) is 0 Å². The molecule has 4 rings (SSSR count). The van der Waals surface area contributed by atoms with E-state index < -0.39 is 17.8 Å². The number of benzene rings is 1. The smallest absolute Gasteiger partial charge is 0.260 e. The minimum absolute atomic E-state index is 0.0448. The molecule has 0 bridgehead atoms. The van der Waals surface area contributed by atoms with Gasteiger partial charge in [-0.3, -0.25) is 19.5 Å². The molecule has 0 radical (unpaired) electrons. The van der Waals surface area contributed by atoms with Crippen LogP contribution in [0.15, 0.2) is 67.1 Å². The Morgan fingerprint density at radius 2 is 1.91 bits per heavy atom. The van der Waals surface area contributed by atoms with E-state index in [4.69, 9.17) is 11.6 Å². The third kappa shape index (κ3) is 4.94. The van der Waals surface area contributed by atoms with Crippen LogP contribution in [0, 0.1) is 5.82 Å². The summed E-state index contributed by atoms with van der Waals surface area (Å²) in [6, 6.07) is 11.1. The Morgan fingerprint density at radius 3 is 2.56 bits per heavy atom. The average Bonchev–Trinajstić information content (AvgIpc) is 3.31. The van der Waals surface area contributed by atoms with E-state index in [9.17, 15) is 14.0 Å². The number of hydrogen-bond donors (Lipinski definition) is 1. The monoisotopic (exact) mass is 452 g/mol. The molecule has 0 spiro atoms. The number of carbonyl (C=O) groups excluding carboxylic acids is 2. The van der Waals surface area contributed by atoms with Gasteiger partial charge in [0.1, 0.15) is 17.0 Å². The first-order valence-electron chi connectivity index (χ1n) is 10.4. The van der Waals surface area contributed by atoms with Crippen molar-refractivity contribution in [3.05, 3.63) is 89.2 Å². The Hall–Kier alpha value is -3.32. The van der Waals surface area contributed by atoms with Crippen LogP contribution >= 0.6 is 11.6 Å². The summed E-state index contributed by atoms with van der Waals surface area (Å²) in [6.45, 7) is 0. The number of carbonyl (C=O) groups is 2. The molecular weight excluding hydrogens is 431 g/mol. The molecule has 1 aromatic carbocycles. The zero-order valence-electron chi connectivity index (χ0n) is 17.2. The first-order valence-corrected chi connectivity index (χ1v) is 10.8. The SMILES string of the molecule is O=C(NC1CCCC1)C(c1cccnc1)N(C(=O)c1ccc(Cl)nc1)c1cccc(F)c1. The number of halogens is 2. The first-order chi connectivity index (χ1) is 15.5. The van der Waals surface area contributed by atoms with Crippen molar-refractivity contribution in [3.63, 3.8) is 0 Å². The van der Waals surface area contributed by atoms with E-state index in [-0.39, 0.29) is 28.4 Å². The summed E-state index contributed by atoms with van der Waals surface area (Å²) in [4.78, 5) is 36.6. The van der Waals surface area contributed by atoms with Crippen molar-refractivity contribution in [2.24, 2.45) is 0 Å². The molecule has 1 fully saturated rings. The van der Waals surface area contributed by atoms with Gasteiger partial charge in [-0.2, -0.15) is 0 Å². The fourth-order valence-corrected chi connectivity index (χ4v) is 4.07. The third-order valence-corrected chi connectivity index (χ3v) is 5.71. The average molecular weight is 453 g/mol. The second-order valence-electron chi connectivity index (χ2n) is 7.70. The Morgan fingerprint density at radius 1 is 1.09 bits per heavy atom. The number of nitrogens with zero attached hydrogens (tertiary/aromatic N) is 3. The lowest BCUT2D eigenvalue weighted by molar-refractivity contribution is -0.123. The van der Waals surface area contributed by atoms with Crippen molar-refractivity contribution >= 4 is 29.1 Å². The minimum Gasteiger partial charge on any atom is -0.351 e. The van der Waals surface area contributed by atoms with Crippen LogP contribution in [0.1, 0.15) is 47.6 Å². The molecule has 1 aliphatic carbocycles. The lowest BCUT2D eigenvalue weighted by Crippen LogP contribution is -2.46. The Balaban J connectivity index is 1.80. The summed E-state index contributed by atoms with van der Waals surface area (Å²) in [6.07, 6.45) is 8.34. The standard InChI is InChI=1S/C24H22ClFN4O2/c25-21-11-10-17(15-28-21)24(32)30(20-9-3-6-18(26)13-20)22(16-5-4-12-27-14-16)23(31)29-19-7-1-2-8-19/h3-6,9-15,19,22H,1-2,7-8H2,(H,29,31). The second-order valence-corrected chi connectivity index (χ2v) is 8.09. The van der Waals surface area contributed by atoms with Crippen LogP contribution in [0.2, 0.25) is 5.15 Å². The highest BCUT2D eigenvalue weighted by Crippen LogP contribution is 2.31. The van der Waals surface area contributed by atoms with E-state index in [0.717, 1.165) is 25.7 Å². The fraction of sp³-hybridized carbons (Fsp3) is 0.250. The molecular formula is C24H22ClFN4O2. The fourth-order valence-electron chi connectivity index (χ4n) is 3.96. The molecule has 2 aromatic heterocycles. The van der Waals surface area contributed by atoms with E-state index in [1.54, 1.807) is 30.6 Å². The molecule has 2 heterocycles. The maximum absolute atomic E-state index is 14.2. The number of rotatable bonds is 6. The first kappa shape index (κ1) is 21.9. The molecule has 6 nitrogen and oxygen atoms in total. The minimum atomic E-state index is -1.05. The van der Waals surface area contributed by atoms with Gasteiger partial charge in [0.25, 0.3) is 5.91 Å². The van der Waals surface area contributed by atoms with Gasteiger partial charge in [0.2, 0.25) is 5.91 Å². The molecule has 1 N–H and O–H groups in total. The van der Waals surface area contributed by atoms with E-state index >= 15 is 0 Å². The number of amides is 2. The summed E-state index contributed by atoms with van der Waals surface area (Å²) >= 11 is 5.88. The van der Waals surface area contributed by atoms with Crippen molar-refractivity contribution in [3.8, 4) is 0 Å². The second kappa shape index (κ2) is 9.87. The van der Waals surface area contributed by atoms with Gasteiger partial charge >= 0.3 is 0 Å². The molecule has 1 unspecified atom stereocenters. The highest BCUT2D eigenvalue weighted by atomic mass is 35.5. The summed E-state index contributed by atoms with van der Waals surface area (Å²) in [7, 11) is 0. The Kier molecular flexibility index (Phi) is 6.75. The quantitative estimate of drug-likeness (QED) is 0.549. The molecule has 3 aromatic rings. The van der Waals surface area contributed by atoms with Crippen LogP contribution in [0.4, 0.5) is 10.1 Å². The lowest BCUT2D eigenvalue weighted by Gasteiger charge is -2.32. The number of pyridine rings is 2. The number of anilines is 1. The van der Waals surface area contributed by atoms with Gasteiger partial charge in [-0.05, 0) is 49.2 Å². The predicted octanol–water partition coefficient (Wildman–Crippen LogP) is 4.72. The van der Waals surface area contributed by atoms with Gasteiger partial charge < -0.3 is 5.32 Å². The highest BCUT2D eigenvalue weighted by molar-refractivity contribution is 6.29. The molecule has 32 heavy (non-hydrogen) atoms. The van der Waals surface area contributed by atoms with Crippen molar-refractivity contribution in [2.45, 2.75) is 37.8 Å². The summed E-state index contributed by atoms with van der Waals surface area (Å²) < 4.78 is 14.2. The zero-order chi connectivity index (χ0) is 22.5. The largest absolute Gasteiger partial charge is 0.351 e. The van der Waals surface area contributed by atoms with Gasteiger partial charge in [0.15, 0.2) is 0 Å². The van der Waals surface area contributed by atoms with Gasteiger partial charge in [-0.25, -0.2) is 9.37 Å². The van der Waals surface area contributed by atoms with Crippen LogP contribution in [-0.4, -0.2) is 27.8 Å². The third-order valence-electron chi connectivity index (χ3n) is 5.49. The molecule has 0 aliphatic heterocycles. The maximum atomic E-state index is 14.2. The summed E-state index contributed by atoms with van der Waals surface area (Å²) in [5.74, 6) is -1.37. The topological polar surface area (TPSA) is 75.2 Å². The predicted molar refractivity (Wildman–Crippen MR) is 120 cm³/mol. The van der Waals surface area contributed by atoms with Gasteiger partial charge in [-0.1, -0.05) is 36.6 Å². The van der Waals surface area contributed by atoms with Crippen LogP contribution in [0.3, 0.4) is 0 Å². The van der Waals surface area contributed by atoms with Crippen molar-refractivity contribution < 1.29 is 14.0 Å². The molecule has 2 amide bonds. The van der Waals surface area contributed by atoms with Crippen molar-refractivity contribution in [1.29, 1.82) is 0 Å². The van der Waals surface area contributed by atoms with E-state index in [2.05, 4.69) is 15.3 Å². The molecule has 0 saturated heterocycles. The van der Waals surface area contributed by atoms with Crippen LogP contribution < -0.4 is 10.2 Å². The van der Waals surface area contributed by atoms with Crippen molar-refractivity contribution in [1.82, 2.24) is 15.3 Å². The molecule has 8 heteroatoms. The number of hydrogen-bond acceptors (Lipinski definition) is 4. The van der Waals surface area contributed by atoms with Crippen LogP contribution in [0.25, 0.3) is 0 Å². The zero-order valence-corrected chi connectivity index (χ0v) is 18.0. The molecule has 1 saturated carbocycles.